The monoisotopic (exact) mass is 310 g/mol. The molecule has 0 fully saturated rings. The lowest BCUT2D eigenvalue weighted by molar-refractivity contribution is -0.144. The lowest BCUT2D eigenvalue weighted by Gasteiger charge is -2.07. The fourth-order valence-electron chi connectivity index (χ4n) is 1.38. The van der Waals surface area contributed by atoms with Crippen LogP contribution in [0.15, 0.2) is 24.3 Å². The van der Waals surface area contributed by atoms with E-state index in [1.54, 1.807) is 6.07 Å². The number of methoxy groups -OCH3 is 2. The third kappa shape index (κ3) is 8.73. The molecule has 0 aliphatic rings. The number of rotatable bonds is 5. The number of hydrogen-bond acceptors (Lipinski definition) is 6. The molecule has 0 spiro atoms. The van der Waals surface area contributed by atoms with Crippen molar-refractivity contribution >= 4 is 17.9 Å². The van der Waals surface area contributed by atoms with Crippen molar-refractivity contribution in [3.8, 4) is 5.75 Å². The Bertz CT molecular complexity index is 495. The molecule has 22 heavy (non-hydrogen) atoms. The molecule has 1 rings (SSSR count). The Morgan fingerprint density at radius 3 is 2.00 bits per heavy atom. The van der Waals surface area contributed by atoms with Gasteiger partial charge in [0.15, 0.2) is 0 Å². The van der Waals surface area contributed by atoms with Crippen LogP contribution in [-0.4, -0.2) is 32.1 Å². The minimum atomic E-state index is -0.420. The first kappa shape index (κ1) is 19.6. The second-order valence-corrected chi connectivity index (χ2v) is 4.21. The molecule has 0 bridgehead atoms. The summed E-state index contributed by atoms with van der Waals surface area (Å²) in [6.07, 6.45) is 0.870. The Hall–Kier alpha value is -2.37. The molecule has 0 heterocycles. The summed E-state index contributed by atoms with van der Waals surface area (Å²) < 4.78 is 13.7. The molecule has 0 saturated carbocycles. The molecule has 1 aromatic carbocycles. The molecular weight excluding hydrogens is 288 g/mol. The predicted molar refractivity (Wildman–Crippen MR) is 80.4 cm³/mol. The highest BCUT2D eigenvalue weighted by Crippen LogP contribution is 2.18. The van der Waals surface area contributed by atoms with Gasteiger partial charge in [0, 0.05) is 6.92 Å². The number of carbonyl (C=O) groups is 3. The molecule has 0 aliphatic heterocycles. The highest BCUT2D eigenvalue weighted by molar-refractivity contribution is 5.79. The Morgan fingerprint density at radius 2 is 1.50 bits per heavy atom. The van der Waals surface area contributed by atoms with Crippen molar-refractivity contribution < 1.29 is 28.6 Å². The van der Waals surface area contributed by atoms with Crippen molar-refractivity contribution in [1.29, 1.82) is 0 Å². The van der Waals surface area contributed by atoms with E-state index >= 15 is 0 Å². The maximum atomic E-state index is 11.5. The summed E-state index contributed by atoms with van der Waals surface area (Å²) in [5, 5.41) is 0. The van der Waals surface area contributed by atoms with Gasteiger partial charge in [-0.2, -0.15) is 0 Å². The predicted octanol–water partition coefficient (Wildman–Crippen LogP) is 2.29. The van der Waals surface area contributed by atoms with Crippen molar-refractivity contribution in [1.82, 2.24) is 0 Å². The van der Waals surface area contributed by atoms with Crippen LogP contribution in [0.1, 0.15) is 32.3 Å². The van der Waals surface area contributed by atoms with Gasteiger partial charge in [0.1, 0.15) is 5.75 Å². The minimum absolute atomic E-state index is 0.0325. The number of ether oxygens (including phenoxy) is 3. The topological polar surface area (TPSA) is 78.9 Å². The number of carbonyl (C=O) groups excluding carboxylic acids is 3. The van der Waals surface area contributed by atoms with Gasteiger partial charge in [-0.1, -0.05) is 25.1 Å². The highest BCUT2D eigenvalue weighted by atomic mass is 16.5. The van der Waals surface area contributed by atoms with Gasteiger partial charge in [0.2, 0.25) is 0 Å². The molecule has 0 radical (unpaired) electrons. The normalized spacial score (nSPS) is 9.09. The maximum absolute atomic E-state index is 11.5. The second kappa shape index (κ2) is 11.3. The van der Waals surface area contributed by atoms with E-state index in [0.29, 0.717) is 5.75 Å². The summed E-state index contributed by atoms with van der Waals surface area (Å²) in [5.41, 5.74) is 0.971. The van der Waals surface area contributed by atoms with Crippen molar-refractivity contribution in [3.05, 3.63) is 29.8 Å². The van der Waals surface area contributed by atoms with E-state index in [1.807, 2.05) is 25.1 Å². The number of benzene rings is 1. The summed E-state index contributed by atoms with van der Waals surface area (Å²) in [6, 6.07) is 7.35. The Balaban J connectivity index is 0.000000763. The average Bonchev–Trinajstić information content (AvgIpc) is 2.53. The molecule has 0 unspecified atom stereocenters. The van der Waals surface area contributed by atoms with Gasteiger partial charge in [0.25, 0.3) is 0 Å². The number of aryl methyl sites for hydroxylation is 1. The third-order valence-electron chi connectivity index (χ3n) is 2.63. The molecule has 1 aromatic rings. The van der Waals surface area contributed by atoms with Crippen molar-refractivity contribution in [2.75, 3.05) is 14.2 Å². The van der Waals surface area contributed by atoms with Crippen molar-refractivity contribution in [3.63, 3.8) is 0 Å². The standard InChI is InChI=1S/C13H16O4.C3H6O2/c1-3-10-6-4-5-7-11(10)17-13(15)9-8-12(14)16-2;1-3(4)5-2/h4-7H,3,8-9H2,1-2H3;1-2H3. The van der Waals surface area contributed by atoms with Crippen molar-refractivity contribution in [2.24, 2.45) is 0 Å². The van der Waals surface area contributed by atoms with Crippen LogP contribution < -0.4 is 4.74 Å². The molecule has 0 amide bonds. The van der Waals surface area contributed by atoms with Gasteiger partial charge in [0.05, 0.1) is 27.1 Å². The summed E-state index contributed by atoms with van der Waals surface area (Å²) in [5.74, 6) is -0.517. The first-order chi connectivity index (χ1) is 10.4. The lowest BCUT2D eigenvalue weighted by Crippen LogP contribution is -2.12. The van der Waals surface area contributed by atoms with E-state index in [2.05, 4.69) is 9.47 Å². The van der Waals surface area contributed by atoms with Crippen LogP contribution in [-0.2, 0) is 30.3 Å². The average molecular weight is 310 g/mol. The van der Waals surface area contributed by atoms with E-state index in [9.17, 15) is 14.4 Å². The van der Waals surface area contributed by atoms with E-state index in [4.69, 9.17) is 4.74 Å². The lowest BCUT2D eigenvalue weighted by atomic mass is 10.1. The van der Waals surface area contributed by atoms with Crippen molar-refractivity contribution in [2.45, 2.75) is 33.1 Å². The first-order valence-corrected chi connectivity index (χ1v) is 6.84. The zero-order valence-corrected chi connectivity index (χ0v) is 13.4. The molecule has 0 N–H and O–H groups in total. The smallest absolute Gasteiger partial charge is 0.311 e. The van der Waals surface area contributed by atoms with E-state index in [0.717, 1.165) is 12.0 Å². The van der Waals surface area contributed by atoms with E-state index in [-0.39, 0.29) is 18.8 Å². The van der Waals surface area contributed by atoms with Crippen LogP contribution in [0, 0.1) is 0 Å². The Kier molecular flexibility index (Phi) is 10.1. The highest BCUT2D eigenvalue weighted by Gasteiger charge is 2.10. The molecular formula is C16H22O6. The molecule has 6 nitrogen and oxygen atoms in total. The third-order valence-corrected chi connectivity index (χ3v) is 2.63. The first-order valence-electron chi connectivity index (χ1n) is 6.84. The second-order valence-electron chi connectivity index (χ2n) is 4.21. The van der Waals surface area contributed by atoms with E-state index in [1.165, 1.54) is 21.1 Å². The van der Waals surface area contributed by atoms with Gasteiger partial charge in [-0.3, -0.25) is 14.4 Å². The van der Waals surface area contributed by atoms with Crippen LogP contribution in [0.25, 0.3) is 0 Å². The number of hydrogen-bond donors (Lipinski definition) is 0. The fourth-order valence-corrected chi connectivity index (χ4v) is 1.38. The minimum Gasteiger partial charge on any atom is -0.469 e. The number of esters is 3. The summed E-state index contributed by atoms with van der Waals surface area (Å²) in [7, 11) is 2.64. The van der Waals surface area contributed by atoms with Crippen LogP contribution in [0.2, 0.25) is 0 Å². The molecule has 0 aromatic heterocycles. The number of para-hydroxylation sites is 1. The molecule has 0 aliphatic carbocycles. The largest absolute Gasteiger partial charge is 0.469 e. The van der Waals surface area contributed by atoms with Gasteiger partial charge in [-0.25, -0.2) is 0 Å². The quantitative estimate of drug-likeness (QED) is 0.613. The summed E-state index contributed by atoms with van der Waals surface area (Å²) in [6.45, 7) is 3.35. The fraction of sp³-hybridized carbons (Fsp3) is 0.438. The Morgan fingerprint density at radius 1 is 0.955 bits per heavy atom. The van der Waals surface area contributed by atoms with Crippen LogP contribution in [0.3, 0.4) is 0 Å². The van der Waals surface area contributed by atoms with Crippen LogP contribution in [0.4, 0.5) is 0 Å². The molecule has 0 saturated heterocycles. The van der Waals surface area contributed by atoms with Gasteiger partial charge < -0.3 is 14.2 Å². The van der Waals surface area contributed by atoms with E-state index < -0.39 is 11.9 Å². The van der Waals surface area contributed by atoms with Gasteiger partial charge in [-0.05, 0) is 18.1 Å². The molecule has 6 heteroatoms. The van der Waals surface area contributed by atoms with Gasteiger partial charge in [-0.15, -0.1) is 0 Å². The SMILES string of the molecule is CCc1ccccc1OC(=O)CCC(=O)OC.COC(C)=O. The van der Waals surface area contributed by atoms with Crippen LogP contribution in [0.5, 0.6) is 5.75 Å². The van der Waals surface area contributed by atoms with Gasteiger partial charge >= 0.3 is 17.9 Å². The molecule has 122 valence electrons. The molecule has 0 atom stereocenters. The summed E-state index contributed by atoms with van der Waals surface area (Å²) in [4.78, 5) is 31.9. The zero-order valence-electron chi connectivity index (χ0n) is 13.4. The zero-order chi connectivity index (χ0) is 17.0. The maximum Gasteiger partial charge on any atom is 0.311 e. The van der Waals surface area contributed by atoms with Crippen LogP contribution >= 0.6 is 0 Å². The summed E-state index contributed by atoms with van der Waals surface area (Å²) >= 11 is 0. The Labute approximate surface area is 130 Å².